The summed E-state index contributed by atoms with van der Waals surface area (Å²) in [6, 6.07) is 6.28. The van der Waals surface area contributed by atoms with Crippen LogP contribution in [0.15, 0.2) is 18.2 Å². The third-order valence-corrected chi connectivity index (χ3v) is 2.59. The maximum atomic E-state index is 5.68. The minimum atomic E-state index is -0.0431. The van der Waals surface area contributed by atoms with Gasteiger partial charge in [-0.25, -0.2) is 0 Å². The summed E-state index contributed by atoms with van der Waals surface area (Å²) < 4.78 is 0. The zero-order valence-corrected chi connectivity index (χ0v) is 9.52. The lowest BCUT2D eigenvalue weighted by atomic mass is 10.0. The lowest BCUT2D eigenvalue weighted by Crippen LogP contribution is -2.39. The summed E-state index contributed by atoms with van der Waals surface area (Å²) in [5.41, 5.74) is 9.43. The summed E-state index contributed by atoms with van der Waals surface area (Å²) in [5, 5.41) is 3.45. The molecule has 0 aliphatic carbocycles. The first-order valence-corrected chi connectivity index (χ1v) is 5.01. The third kappa shape index (κ3) is 2.48. The highest BCUT2D eigenvalue weighted by Gasteiger charge is 2.15. The Morgan fingerprint density at radius 1 is 1.29 bits per heavy atom. The van der Waals surface area contributed by atoms with E-state index in [-0.39, 0.29) is 5.54 Å². The molecule has 14 heavy (non-hydrogen) atoms. The SMILES string of the molecule is Cc1cccc(NC(C)(C)CN)c1C. The van der Waals surface area contributed by atoms with Crippen LogP contribution in [-0.2, 0) is 0 Å². The molecular formula is C12H20N2. The van der Waals surface area contributed by atoms with Crippen molar-refractivity contribution in [1.82, 2.24) is 0 Å². The summed E-state index contributed by atoms with van der Waals surface area (Å²) in [6.45, 7) is 9.09. The van der Waals surface area contributed by atoms with Gasteiger partial charge in [-0.2, -0.15) is 0 Å². The Morgan fingerprint density at radius 2 is 1.93 bits per heavy atom. The van der Waals surface area contributed by atoms with Gasteiger partial charge in [0.15, 0.2) is 0 Å². The molecule has 78 valence electrons. The predicted molar refractivity (Wildman–Crippen MR) is 62.7 cm³/mol. The quantitative estimate of drug-likeness (QED) is 0.772. The largest absolute Gasteiger partial charge is 0.379 e. The van der Waals surface area contributed by atoms with Gasteiger partial charge in [-0.1, -0.05) is 12.1 Å². The van der Waals surface area contributed by atoms with E-state index in [1.165, 1.54) is 16.8 Å². The zero-order chi connectivity index (χ0) is 10.8. The number of aryl methyl sites for hydroxylation is 1. The molecule has 0 radical (unpaired) electrons. The molecule has 0 bridgehead atoms. The number of anilines is 1. The highest BCUT2D eigenvalue weighted by atomic mass is 15.0. The number of rotatable bonds is 3. The molecule has 0 saturated carbocycles. The highest BCUT2D eigenvalue weighted by molar-refractivity contribution is 5.55. The van der Waals surface area contributed by atoms with Crippen LogP contribution in [0.3, 0.4) is 0 Å². The van der Waals surface area contributed by atoms with Crippen molar-refractivity contribution in [2.75, 3.05) is 11.9 Å². The van der Waals surface area contributed by atoms with Gasteiger partial charge in [-0.3, -0.25) is 0 Å². The number of benzene rings is 1. The molecule has 0 saturated heterocycles. The van der Waals surface area contributed by atoms with Crippen LogP contribution in [0.4, 0.5) is 5.69 Å². The molecule has 0 heterocycles. The Bertz CT molecular complexity index is 316. The van der Waals surface area contributed by atoms with Crippen LogP contribution in [0.25, 0.3) is 0 Å². The van der Waals surface area contributed by atoms with Crippen molar-refractivity contribution in [2.24, 2.45) is 5.73 Å². The van der Waals surface area contributed by atoms with Gasteiger partial charge in [0.1, 0.15) is 0 Å². The van der Waals surface area contributed by atoms with Crippen molar-refractivity contribution in [2.45, 2.75) is 33.2 Å². The van der Waals surface area contributed by atoms with Crippen LogP contribution >= 0.6 is 0 Å². The summed E-state index contributed by atoms with van der Waals surface area (Å²) in [4.78, 5) is 0. The zero-order valence-electron chi connectivity index (χ0n) is 9.52. The van der Waals surface area contributed by atoms with Crippen molar-refractivity contribution in [3.63, 3.8) is 0 Å². The molecule has 2 nitrogen and oxygen atoms in total. The normalized spacial score (nSPS) is 11.5. The van der Waals surface area contributed by atoms with E-state index < -0.39 is 0 Å². The molecule has 0 aliphatic rings. The second-order valence-electron chi connectivity index (χ2n) is 4.46. The lowest BCUT2D eigenvalue weighted by Gasteiger charge is -2.27. The van der Waals surface area contributed by atoms with E-state index in [4.69, 9.17) is 5.73 Å². The predicted octanol–water partition coefficient (Wildman–Crippen LogP) is 2.45. The monoisotopic (exact) mass is 192 g/mol. The van der Waals surface area contributed by atoms with Gasteiger partial charge in [-0.15, -0.1) is 0 Å². The summed E-state index contributed by atoms with van der Waals surface area (Å²) in [7, 11) is 0. The van der Waals surface area contributed by atoms with E-state index in [1.807, 2.05) is 0 Å². The number of hydrogen-bond acceptors (Lipinski definition) is 2. The van der Waals surface area contributed by atoms with Crippen molar-refractivity contribution in [1.29, 1.82) is 0 Å². The molecule has 3 N–H and O–H groups in total. The molecule has 0 spiro atoms. The molecule has 0 fully saturated rings. The maximum Gasteiger partial charge on any atom is 0.0439 e. The molecule has 0 aliphatic heterocycles. The Kier molecular flexibility index (Phi) is 3.17. The standard InChI is InChI=1S/C12H20N2/c1-9-6-5-7-11(10(9)2)14-12(3,4)8-13/h5-7,14H,8,13H2,1-4H3. The van der Waals surface area contributed by atoms with Crippen molar-refractivity contribution >= 4 is 5.69 Å². The van der Waals surface area contributed by atoms with E-state index in [1.54, 1.807) is 0 Å². The first-order valence-electron chi connectivity index (χ1n) is 5.01. The van der Waals surface area contributed by atoms with Crippen LogP contribution in [0.2, 0.25) is 0 Å². The fraction of sp³-hybridized carbons (Fsp3) is 0.500. The average Bonchev–Trinajstić information content (AvgIpc) is 2.13. The second kappa shape index (κ2) is 4.01. The first-order chi connectivity index (χ1) is 6.46. The smallest absolute Gasteiger partial charge is 0.0439 e. The van der Waals surface area contributed by atoms with Gasteiger partial charge in [0.05, 0.1) is 0 Å². The van der Waals surface area contributed by atoms with Crippen molar-refractivity contribution in [3.8, 4) is 0 Å². The van der Waals surface area contributed by atoms with E-state index >= 15 is 0 Å². The van der Waals surface area contributed by atoms with Crippen LogP contribution < -0.4 is 11.1 Å². The molecule has 0 amide bonds. The molecule has 1 aromatic rings. The molecular weight excluding hydrogens is 172 g/mol. The van der Waals surface area contributed by atoms with Crippen molar-refractivity contribution < 1.29 is 0 Å². The van der Waals surface area contributed by atoms with Gasteiger partial charge < -0.3 is 11.1 Å². The first kappa shape index (κ1) is 11.1. The second-order valence-corrected chi connectivity index (χ2v) is 4.46. The van der Waals surface area contributed by atoms with E-state index in [0.29, 0.717) is 6.54 Å². The van der Waals surface area contributed by atoms with E-state index in [0.717, 1.165) is 0 Å². The molecule has 0 aromatic heterocycles. The minimum Gasteiger partial charge on any atom is -0.379 e. The van der Waals surface area contributed by atoms with Gasteiger partial charge in [-0.05, 0) is 44.9 Å². The van der Waals surface area contributed by atoms with Crippen LogP contribution in [0.1, 0.15) is 25.0 Å². The Hall–Kier alpha value is -1.02. The van der Waals surface area contributed by atoms with Gasteiger partial charge in [0.25, 0.3) is 0 Å². The molecule has 0 unspecified atom stereocenters. The number of nitrogens with two attached hydrogens (primary N) is 1. The molecule has 1 rings (SSSR count). The summed E-state index contributed by atoms with van der Waals surface area (Å²) >= 11 is 0. The third-order valence-electron chi connectivity index (χ3n) is 2.59. The van der Waals surface area contributed by atoms with Crippen LogP contribution in [0, 0.1) is 13.8 Å². The van der Waals surface area contributed by atoms with Gasteiger partial charge in [0.2, 0.25) is 0 Å². The summed E-state index contributed by atoms with van der Waals surface area (Å²) in [6.07, 6.45) is 0. The average molecular weight is 192 g/mol. The fourth-order valence-electron chi connectivity index (χ4n) is 1.30. The van der Waals surface area contributed by atoms with E-state index in [2.05, 4.69) is 51.2 Å². The fourth-order valence-corrected chi connectivity index (χ4v) is 1.30. The van der Waals surface area contributed by atoms with E-state index in [9.17, 15) is 0 Å². The summed E-state index contributed by atoms with van der Waals surface area (Å²) in [5.74, 6) is 0. The Morgan fingerprint density at radius 3 is 2.50 bits per heavy atom. The number of nitrogens with one attached hydrogen (secondary N) is 1. The van der Waals surface area contributed by atoms with Gasteiger partial charge >= 0.3 is 0 Å². The Balaban J connectivity index is 2.92. The molecule has 1 aromatic carbocycles. The topological polar surface area (TPSA) is 38.0 Å². The van der Waals surface area contributed by atoms with Crippen molar-refractivity contribution in [3.05, 3.63) is 29.3 Å². The molecule has 0 atom stereocenters. The van der Waals surface area contributed by atoms with Crippen LogP contribution in [0.5, 0.6) is 0 Å². The molecule has 2 heteroatoms. The highest BCUT2D eigenvalue weighted by Crippen LogP contribution is 2.21. The van der Waals surface area contributed by atoms with Gasteiger partial charge in [0, 0.05) is 17.8 Å². The minimum absolute atomic E-state index is 0.0431. The lowest BCUT2D eigenvalue weighted by molar-refractivity contribution is 0.579. The Labute approximate surface area is 86.5 Å². The number of hydrogen-bond donors (Lipinski definition) is 2. The maximum absolute atomic E-state index is 5.68. The van der Waals surface area contributed by atoms with Crippen LogP contribution in [-0.4, -0.2) is 12.1 Å².